The minimum Gasteiger partial charge on any atom is -0.361 e. The molecule has 0 unspecified atom stereocenters. The second-order valence-corrected chi connectivity index (χ2v) is 9.27. The Balaban J connectivity index is 1.56. The summed E-state index contributed by atoms with van der Waals surface area (Å²) in [5.74, 6) is 1.44. The lowest BCUT2D eigenvalue weighted by molar-refractivity contribution is 0.0703. The fourth-order valence-corrected chi connectivity index (χ4v) is 4.49. The molecule has 0 radical (unpaired) electrons. The van der Waals surface area contributed by atoms with E-state index in [-0.39, 0.29) is 17.7 Å². The van der Waals surface area contributed by atoms with Gasteiger partial charge in [-0.15, -0.1) is 0 Å². The number of rotatable bonds is 5. The van der Waals surface area contributed by atoms with Crippen molar-refractivity contribution in [1.82, 2.24) is 25.0 Å². The number of aryl methyl sites for hydroxylation is 4. The molecule has 3 aromatic rings. The summed E-state index contributed by atoms with van der Waals surface area (Å²) < 4.78 is 5.36. The van der Waals surface area contributed by atoms with Crippen molar-refractivity contribution in [1.29, 1.82) is 0 Å². The van der Waals surface area contributed by atoms with Crippen LogP contribution in [0.5, 0.6) is 0 Å². The average Bonchev–Trinajstić information content (AvgIpc) is 3.14. The number of hydrogen-bond donors (Lipinski definition) is 1. The van der Waals surface area contributed by atoms with Gasteiger partial charge in [-0.1, -0.05) is 19.0 Å². The van der Waals surface area contributed by atoms with Crippen molar-refractivity contribution >= 4 is 17.5 Å². The fourth-order valence-electron chi connectivity index (χ4n) is 4.49. The maximum atomic E-state index is 13.4. The highest BCUT2D eigenvalue weighted by Crippen LogP contribution is 2.31. The molecule has 8 nitrogen and oxygen atoms in total. The van der Waals surface area contributed by atoms with Crippen LogP contribution in [0, 0.1) is 27.7 Å². The Labute approximate surface area is 194 Å². The predicted molar refractivity (Wildman–Crippen MR) is 127 cm³/mol. The molecule has 0 saturated carbocycles. The molecule has 3 aromatic heterocycles. The number of aromatic nitrogens is 4. The molecule has 1 aliphatic heterocycles. The van der Waals surface area contributed by atoms with Crippen LogP contribution in [0.1, 0.15) is 83.1 Å². The van der Waals surface area contributed by atoms with E-state index in [9.17, 15) is 4.79 Å². The summed E-state index contributed by atoms with van der Waals surface area (Å²) in [6.45, 7) is 13.1. The van der Waals surface area contributed by atoms with Gasteiger partial charge in [0.05, 0.1) is 5.69 Å². The zero-order valence-electron chi connectivity index (χ0n) is 20.3. The van der Waals surface area contributed by atoms with Crippen LogP contribution < -0.4 is 5.32 Å². The molecule has 33 heavy (non-hydrogen) atoms. The zero-order chi connectivity index (χ0) is 23.7. The normalized spacial score (nSPS) is 16.3. The van der Waals surface area contributed by atoms with E-state index in [0.717, 1.165) is 53.5 Å². The summed E-state index contributed by atoms with van der Waals surface area (Å²) in [4.78, 5) is 29.1. The van der Waals surface area contributed by atoms with Crippen molar-refractivity contribution in [2.45, 2.75) is 66.2 Å². The SMILES string of the molecule is Cc1cc(Nc2nc(C)cc(C)n2)cc([C@@H]2CCCN(C(=O)c3c(C(C)C)noc3C)C2)n1. The monoisotopic (exact) mass is 448 g/mol. The van der Waals surface area contributed by atoms with Crippen molar-refractivity contribution in [2.75, 3.05) is 18.4 Å². The Bertz CT molecular complexity index is 1150. The number of nitrogens with one attached hydrogen (secondary N) is 1. The van der Waals surface area contributed by atoms with Gasteiger partial charge in [-0.05, 0) is 64.7 Å². The first-order chi connectivity index (χ1) is 15.7. The molecular weight excluding hydrogens is 416 g/mol. The number of nitrogens with zero attached hydrogens (tertiary/aromatic N) is 5. The summed E-state index contributed by atoms with van der Waals surface area (Å²) in [7, 11) is 0. The van der Waals surface area contributed by atoms with Crippen LogP contribution in [0.25, 0.3) is 0 Å². The number of carbonyl (C=O) groups excluding carboxylic acids is 1. The second kappa shape index (κ2) is 9.29. The first kappa shape index (κ1) is 22.9. The van der Waals surface area contributed by atoms with Crippen LogP contribution in [-0.2, 0) is 0 Å². The fraction of sp³-hybridized carbons (Fsp3) is 0.480. The first-order valence-corrected chi connectivity index (χ1v) is 11.5. The lowest BCUT2D eigenvalue weighted by atomic mass is 9.92. The van der Waals surface area contributed by atoms with Gasteiger partial charge in [0.1, 0.15) is 11.3 Å². The summed E-state index contributed by atoms with van der Waals surface area (Å²) in [5.41, 5.74) is 5.98. The zero-order valence-corrected chi connectivity index (χ0v) is 20.3. The molecule has 1 atom stereocenters. The molecule has 4 rings (SSSR count). The van der Waals surface area contributed by atoms with Crippen LogP contribution >= 0.6 is 0 Å². The third kappa shape index (κ3) is 5.05. The van der Waals surface area contributed by atoms with Crippen molar-refractivity contribution in [3.05, 3.63) is 58.0 Å². The van der Waals surface area contributed by atoms with Crippen molar-refractivity contribution in [3.63, 3.8) is 0 Å². The summed E-state index contributed by atoms with van der Waals surface area (Å²) in [5, 5.41) is 7.45. The molecule has 8 heteroatoms. The third-order valence-corrected chi connectivity index (χ3v) is 5.99. The molecular formula is C25H32N6O2. The van der Waals surface area contributed by atoms with Gasteiger partial charge < -0.3 is 14.7 Å². The number of likely N-dealkylation sites (tertiary alicyclic amines) is 1. The quantitative estimate of drug-likeness (QED) is 0.588. The second-order valence-electron chi connectivity index (χ2n) is 9.27. The highest BCUT2D eigenvalue weighted by Gasteiger charge is 2.31. The van der Waals surface area contributed by atoms with Gasteiger partial charge in [-0.3, -0.25) is 9.78 Å². The summed E-state index contributed by atoms with van der Waals surface area (Å²) in [6, 6.07) is 5.99. The molecule has 0 bridgehead atoms. The van der Waals surface area contributed by atoms with Crippen LogP contribution in [0.15, 0.2) is 22.7 Å². The molecule has 1 amide bonds. The maximum Gasteiger partial charge on any atom is 0.259 e. The number of anilines is 2. The molecule has 1 fully saturated rings. The van der Waals surface area contributed by atoms with Crippen LogP contribution in [0.2, 0.25) is 0 Å². The van der Waals surface area contributed by atoms with Gasteiger partial charge in [0.2, 0.25) is 5.95 Å². The minimum atomic E-state index is -0.00297. The Hall–Kier alpha value is -3.29. The van der Waals surface area contributed by atoms with Crippen LogP contribution in [0.3, 0.4) is 0 Å². The van der Waals surface area contributed by atoms with E-state index in [0.29, 0.717) is 23.8 Å². The van der Waals surface area contributed by atoms with E-state index >= 15 is 0 Å². The van der Waals surface area contributed by atoms with Gasteiger partial charge in [-0.2, -0.15) is 0 Å². The Morgan fingerprint density at radius 1 is 1.06 bits per heavy atom. The molecule has 1 saturated heterocycles. The van der Waals surface area contributed by atoms with E-state index in [4.69, 9.17) is 9.51 Å². The molecule has 0 spiro atoms. The number of piperidine rings is 1. The Morgan fingerprint density at radius 2 is 1.76 bits per heavy atom. The molecule has 0 aromatic carbocycles. The number of pyridine rings is 1. The Morgan fingerprint density at radius 3 is 2.45 bits per heavy atom. The van der Waals surface area contributed by atoms with E-state index in [1.807, 2.05) is 58.6 Å². The van der Waals surface area contributed by atoms with Gasteiger partial charge in [0.25, 0.3) is 5.91 Å². The van der Waals surface area contributed by atoms with E-state index < -0.39 is 0 Å². The van der Waals surface area contributed by atoms with Crippen molar-refractivity contribution in [3.8, 4) is 0 Å². The molecule has 4 heterocycles. The van der Waals surface area contributed by atoms with Gasteiger partial charge in [0, 0.05) is 47.5 Å². The lowest BCUT2D eigenvalue weighted by Gasteiger charge is -2.33. The first-order valence-electron chi connectivity index (χ1n) is 11.5. The highest BCUT2D eigenvalue weighted by molar-refractivity contribution is 5.96. The van der Waals surface area contributed by atoms with Crippen LogP contribution in [-0.4, -0.2) is 44.0 Å². The minimum absolute atomic E-state index is 0.00297. The van der Waals surface area contributed by atoms with Crippen molar-refractivity contribution < 1.29 is 9.32 Å². The van der Waals surface area contributed by atoms with Crippen LogP contribution in [0.4, 0.5) is 11.6 Å². The van der Waals surface area contributed by atoms with E-state index in [2.05, 4.69) is 26.5 Å². The standard InChI is InChI=1S/C25H32N6O2/c1-14(2)23-22(18(6)33-30-23)24(32)31-9-7-8-19(13-31)21-12-20(11-17(5)26-21)29-25-27-15(3)10-16(4)28-25/h10-12,14,19H,7-9,13H2,1-6H3,(H,26,27,28,29)/t19-/m1/s1. The average molecular weight is 449 g/mol. The number of carbonyl (C=O) groups is 1. The van der Waals surface area contributed by atoms with Gasteiger partial charge in [-0.25, -0.2) is 9.97 Å². The summed E-state index contributed by atoms with van der Waals surface area (Å²) in [6.07, 6.45) is 1.91. The lowest BCUT2D eigenvalue weighted by Crippen LogP contribution is -2.39. The predicted octanol–water partition coefficient (Wildman–Crippen LogP) is 4.98. The van der Waals surface area contributed by atoms with Crippen molar-refractivity contribution in [2.24, 2.45) is 0 Å². The smallest absolute Gasteiger partial charge is 0.259 e. The van der Waals surface area contributed by atoms with E-state index in [1.165, 1.54) is 0 Å². The maximum absolute atomic E-state index is 13.4. The molecule has 174 valence electrons. The molecule has 1 aliphatic rings. The van der Waals surface area contributed by atoms with Gasteiger partial charge in [0.15, 0.2) is 0 Å². The molecule has 0 aliphatic carbocycles. The third-order valence-electron chi connectivity index (χ3n) is 5.99. The topological polar surface area (TPSA) is 97.0 Å². The highest BCUT2D eigenvalue weighted by atomic mass is 16.5. The van der Waals surface area contributed by atoms with Gasteiger partial charge >= 0.3 is 0 Å². The number of amides is 1. The summed E-state index contributed by atoms with van der Waals surface area (Å²) >= 11 is 0. The molecule has 1 N–H and O–H groups in total. The number of hydrogen-bond acceptors (Lipinski definition) is 7. The Kier molecular flexibility index (Phi) is 6.44. The van der Waals surface area contributed by atoms with E-state index in [1.54, 1.807) is 0 Å². The largest absolute Gasteiger partial charge is 0.361 e.